The maximum absolute atomic E-state index is 12.5. The molecule has 2 aromatic rings. The van der Waals surface area contributed by atoms with Crippen LogP contribution < -0.4 is 0 Å². The quantitative estimate of drug-likeness (QED) is 0.773. The fourth-order valence-corrected chi connectivity index (χ4v) is 4.06. The molecule has 1 amide bonds. The van der Waals surface area contributed by atoms with Crippen molar-refractivity contribution in [2.75, 3.05) is 26.3 Å². The second-order valence-electron chi connectivity index (χ2n) is 6.99. The highest BCUT2D eigenvalue weighted by Crippen LogP contribution is 2.44. The third-order valence-electron chi connectivity index (χ3n) is 5.40. The van der Waals surface area contributed by atoms with Gasteiger partial charge >= 0.3 is 12.1 Å². The summed E-state index contributed by atoms with van der Waals surface area (Å²) in [5.41, 5.74) is 4.80. The molecule has 0 radical (unpaired) electrons. The average Bonchev–Trinajstić information content (AvgIpc) is 3.30. The Morgan fingerprint density at radius 2 is 1.63 bits per heavy atom. The lowest BCUT2D eigenvalue weighted by molar-refractivity contribution is -0.147. The number of rotatable bonds is 4. The van der Waals surface area contributed by atoms with Crippen LogP contribution in [0.2, 0.25) is 0 Å². The molecule has 1 heterocycles. The number of hydrogen-bond acceptors (Lipinski definition) is 4. The van der Waals surface area contributed by atoms with Gasteiger partial charge in [-0.25, -0.2) is 4.79 Å². The Hall–Kier alpha value is -2.82. The van der Waals surface area contributed by atoms with Crippen LogP contribution in [0.3, 0.4) is 0 Å². The minimum atomic E-state index is -0.358. The van der Waals surface area contributed by atoms with E-state index in [4.69, 9.17) is 9.47 Å². The van der Waals surface area contributed by atoms with Crippen molar-refractivity contribution < 1.29 is 19.1 Å². The van der Waals surface area contributed by atoms with Crippen molar-refractivity contribution in [3.05, 3.63) is 59.7 Å². The van der Waals surface area contributed by atoms with E-state index in [1.54, 1.807) is 11.8 Å². The van der Waals surface area contributed by atoms with Gasteiger partial charge < -0.3 is 14.4 Å². The van der Waals surface area contributed by atoms with Crippen LogP contribution in [-0.4, -0.2) is 43.3 Å². The summed E-state index contributed by atoms with van der Waals surface area (Å²) in [7, 11) is 0. The van der Waals surface area contributed by atoms with Crippen LogP contribution in [0.25, 0.3) is 11.1 Å². The predicted molar refractivity (Wildman–Crippen MR) is 101 cm³/mol. The Bertz CT molecular complexity index is 817. The Balaban J connectivity index is 1.42. The molecule has 1 fully saturated rings. The standard InChI is InChI=1S/C22H23NO4/c1-2-26-21(24)15-11-12-23(13-15)22(25)27-14-20-18-9-5-3-7-16(18)17-8-4-6-10-19(17)20/h3-10,15,20H,2,11-14H2,1H3. The van der Waals surface area contributed by atoms with Crippen LogP contribution in [0, 0.1) is 5.92 Å². The van der Waals surface area contributed by atoms with Crippen molar-refractivity contribution in [3.63, 3.8) is 0 Å². The third kappa shape index (κ3) is 3.29. The highest BCUT2D eigenvalue weighted by Gasteiger charge is 2.34. The van der Waals surface area contributed by atoms with Crippen molar-refractivity contribution in [2.45, 2.75) is 19.3 Å². The zero-order valence-corrected chi connectivity index (χ0v) is 15.4. The molecule has 140 valence electrons. The zero-order chi connectivity index (χ0) is 18.8. The summed E-state index contributed by atoms with van der Waals surface area (Å²) in [6.45, 7) is 3.35. The second kappa shape index (κ2) is 7.43. The van der Waals surface area contributed by atoms with Gasteiger partial charge in [-0.15, -0.1) is 0 Å². The first kappa shape index (κ1) is 17.6. The van der Waals surface area contributed by atoms with E-state index in [1.165, 1.54) is 22.3 Å². The molecule has 0 N–H and O–H groups in total. The fraction of sp³-hybridized carbons (Fsp3) is 0.364. The maximum Gasteiger partial charge on any atom is 0.409 e. The first-order valence-corrected chi connectivity index (χ1v) is 9.45. The third-order valence-corrected chi connectivity index (χ3v) is 5.40. The first-order chi connectivity index (χ1) is 13.2. The largest absolute Gasteiger partial charge is 0.466 e. The van der Waals surface area contributed by atoms with Gasteiger partial charge in [0.1, 0.15) is 6.61 Å². The molecule has 1 unspecified atom stereocenters. The van der Waals surface area contributed by atoms with Crippen LogP contribution in [0.1, 0.15) is 30.4 Å². The lowest BCUT2D eigenvalue weighted by Crippen LogP contribution is -2.31. The summed E-state index contributed by atoms with van der Waals surface area (Å²) >= 11 is 0. The molecule has 5 nitrogen and oxygen atoms in total. The Kier molecular flexibility index (Phi) is 4.84. The van der Waals surface area contributed by atoms with Gasteiger partial charge in [-0.3, -0.25) is 4.79 Å². The monoisotopic (exact) mass is 365 g/mol. The number of hydrogen-bond donors (Lipinski definition) is 0. The Morgan fingerprint density at radius 1 is 1.00 bits per heavy atom. The van der Waals surface area contributed by atoms with Gasteiger partial charge in [-0.1, -0.05) is 48.5 Å². The van der Waals surface area contributed by atoms with Crippen LogP contribution in [0.15, 0.2) is 48.5 Å². The summed E-state index contributed by atoms with van der Waals surface area (Å²) < 4.78 is 10.7. The van der Waals surface area contributed by atoms with E-state index in [-0.39, 0.29) is 23.9 Å². The molecule has 0 saturated carbocycles. The minimum absolute atomic E-state index is 0.0461. The van der Waals surface area contributed by atoms with Crippen molar-refractivity contribution in [1.82, 2.24) is 4.90 Å². The van der Waals surface area contributed by atoms with Crippen LogP contribution in [0.4, 0.5) is 4.79 Å². The zero-order valence-electron chi connectivity index (χ0n) is 15.4. The van der Waals surface area contributed by atoms with E-state index in [1.807, 2.05) is 24.3 Å². The van der Waals surface area contributed by atoms with Gasteiger partial charge in [0.25, 0.3) is 0 Å². The van der Waals surface area contributed by atoms with E-state index in [0.717, 1.165) is 0 Å². The molecule has 0 aromatic heterocycles. The van der Waals surface area contributed by atoms with E-state index in [0.29, 0.717) is 32.7 Å². The minimum Gasteiger partial charge on any atom is -0.466 e. The SMILES string of the molecule is CCOC(=O)C1CCN(C(=O)OCC2c3ccccc3-c3ccccc32)C1. The van der Waals surface area contributed by atoms with Crippen LogP contribution in [0.5, 0.6) is 0 Å². The van der Waals surface area contributed by atoms with Gasteiger partial charge in [0, 0.05) is 19.0 Å². The highest BCUT2D eigenvalue weighted by atomic mass is 16.6. The van der Waals surface area contributed by atoms with E-state index >= 15 is 0 Å². The number of carbonyl (C=O) groups excluding carboxylic acids is 2. The van der Waals surface area contributed by atoms with Gasteiger partial charge in [0.2, 0.25) is 0 Å². The molecular formula is C22H23NO4. The van der Waals surface area contributed by atoms with E-state index in [2.05, 4.69) is 24.3 Å². The topological polar surface area (TPSA) is 55.8 Å². The molecule has 1 aliphatic carbocycles. The molecule has 4 rings (SSSR count). The van der Waals surface area contributed by atoms with Gasteiger partial charge in [-0.05, 0) is 35.6 Å². The summed E-state index contributed by atoms with van der Waals surface area (Å²) in [5, 5.41) is 0. The van der Waals surface area contributed by atoms with Crippen molar-refractivity contribution in [3.8, 4) is 11.1 Å². The molecule has 1 aliphatic heterocycles. The fourth-order valence-electron chi connectivity index (χ4n) is 4.06. The summed E-state index contributed by atoms with van der Waals surface area (Å²) in [6.07, 6.45) is 0.270. The normalized spacial score (nSPS) is 18.1. The molecule has 0 bridgehead atoms. The van der Waals surface area contributed by atoms with Crippen LogP contribution >= 0.6 is 0 Å². The second-order valence-corrected chi connectivity index (χ2v) is 6.99. The van der Waals surface area contributed by atoms with Gasteiger partial charge in [0.15, 0.2) is 0 Å². The van der Waals surface area contributed by atoms with Crippen molar-refractivity contribution >= 4 is 12.1 Å². The van der Waals surface area contributed by atoms with Gasteiger partial charge in [0.05, 0.1) is 12.5 Å². The van der Waals surface area contributed by atoms with Crippen molar-refractivity contribution in [1.29, 1.82) is 0 Å². The molecule has 5 heteroatoms. The van der Waals surface area contributed by atoms with E-state index < -0.39 is 0 Å². The lowest BCUT2D eigenvalue weighted by Gasteiger charge is -2.19. The van der Waals surface area contributed by atoms with Crippen molar-refractivity contribution in [2.24, 2.45) is 5.92 Å². The smallest absolute Gasteiger partial charge is 0.409 e. The van der Waals surface area contributed by atoms with Gasteiger partial charge in [-0.2, -0.15) is 0 Å². The summed E-state index contributed by atoms with van der Waals surface area (Å²) in [5.74, 6) is -0.429. The molecule has 2 aliphatic rings. The molecule has 1 saturated heterocycles. The Labute approximate surface area is 158 Å². The predicted octanol–water partition coefficient (Wildman–Crippen LogP) is 3.82. The molecule has 0 spiro atoms. The summed E-state index contributed by atoms with van der Waals surface area (Å²) in [4.78, 5) is 26.0. The number of benzene rings is 2. The number of fused-ring (bicyclic) bond motifs is 3. The van der Waals surface area contributed by atoms with Crippen LogP contribution in [-0.2, 0) is 14.3 Å². The molecule has 1 atom stereocenters. The number of nitrogens with zero attached hydrogens (tertiary/aromatic N) is 1. The number of amides is 1. The lowest BCUT2D eigenvalue weighted by atomic mass is 9.98. The number of esters is 1. The number of ether oxygens (including phenoxy) is 2. The maximum atomic E-state index is 12.5. The number of carbonyl (C=O) groups is 2. The molecule has 27 heavy (non-hydrogen) atoms. The Morgan fingerprint density at radius 3 is 2.26 bits per heavy atom. The first-order valence-electron chi connectivity index (χ1n) is 9.45. The average molecular weight is 365 g/mol. The molecule has 2 aromatic carbocycles. The molecular weight excluding hydrogens is 342 g/mol. The highest BCUT2D eigenvalue weighted by molar-refractivity contribution is 5.79. The summed E-state index contributed by atoms with van der Waals surface area (Å²) in [6, 6.07) is 16.5. The number of likely N-dealkylation sites (tertiary alicyclic amines) is 1. The van der Waals surface area contributed by atoms with E-state index in [9.17, 15) is 9.59 Å².